The molecular weight excluding hydrogens is 344 g/mol. The van der Waals surface area contributed by atoms with Gasteiger partial charge in [0.05, 0.1) is 26.5 Å². The molecule has 0 aliphatic heterocycles. The Balaban J connectivity index is 1.93. The molecule has 2 aromatic rings. The van der Waals surface area contributed by atoms with Crippen LogP contribution in [0.2, 0.25) is 0 Å². The molecule has 0 unspecified atom stereocenters. The van der Waals surface area contributed by atoms with Crippen molar-refractivity contribution in [3.8, 4) is 11.5 Å². The third-order valence-corrected chi connectivity index (χ3v) is 4.25. The van der Waals surface area contributed by atoms with Crippen LogP contribution >= 0.6 is 0 Å². The summed E-state index contributed by atoms with van der Waals surface area (Å²) in [5.41, 5.74) is 1.56. The number of amides is 2. The van der Waals surface area contributed by atoms with Crippen LogP contribution in [0.15, 0.2) is 48.5 Å². The van der Waals surface area contributed by atoms with Gasteiger partial charge in [-0.3, -0.25) is 9.59 Å². The SMILES string of the molecule is CCN(CC(=O)Nc1ccccc1OC)C(=O)CCc1ccccc1OC. The molecule has 0 aromatic heterocycles. The highest BCUT2D eigenvalue weighted by Gasteiger charge is 2.17. The van der Waals surface area contributed by atoms with E-state index in [-0.39, 0.29) is 18.4 Å². The van der Waals surface area contributed by atoms with Crippen LogP contribution in [0.4, 0.5) is 5.69 Å². The fraction of sp³-hybridized carbons (Fsp3) is 0.333. The number of hydrogen-bond acceptors (Lipinski definition) is 4. The van der Waals surface area contributed by atoms with Gasteiger partial charge in [0, 0.05) is 13.0 Å². The van der Waals surface area contributed by atoms with Gasteiger partial charge in [-0.25, -0.2) is 0 Å². The molecule has 0 spiro atoms. The number of ether oxygens (including phenoxy) is 2. The Kier molecular flexibility index (Phi) is 7.67. The summed E-state index contributed by atoms with van der Waals surface area (Å²) < 4.78 is 10.5. The van der Waals surface area contributed by atoms with E-state index >= 15 is 0 Å². The van der Waals surface area contributed by atoms with Gasteiger partial charge in [0.2, 0.25) is 11.8 Å². The average molecular weight is 370 g/mol. The van der Waals surface area contributed by atoms with Crippen LogP contribution in [0.25, 0.3) is 0 Å². The summed E-state index contributed by atoms with van der Waals surface area (Å²) in [5, 5.41) is 2.80. The summed E-state index contributed by atoms with van der Waals surface area (Å²) >= 11 is 0. The van der Waals surface area contributed by atoms with Crippen LogP contribution < -0.4 is 14.8 Å². The molecule has 0 radical (unpaired) electrons. The molecule has 27 heavy (non-hydrogen) atoms. The standard InChI is InChI=1S/C21H26N2O4/c1-4-23(15-20(24)22-17-10-6-8-12-19(17)27-3)21(25)14-13-16-9-5-7-11-18(16)26-2/h5-12H,4,13-15H2,1-3H3,(H,22,24). The van der Waals surface area contributed by atoms with E-state index in [0.29, 0.717) is 30.8 Å². The number of rotatable bonds is 9. The average Bonchev–Trinajstić information content (AvgIpc) is 2.70. The summed E-state index contributed by atoms with van der Waals surface area (Å²) in [5.74, 6) is 1.02. The lowest BCUT2D eigenvalue weighted by Crippen LogP contribution is -2.38. The van der Waals surface area contributed by atoms with Crippen LogP contribution in [0.3, 0.4) is 0 Å². The summed E-state index contributed by atoms with van der Waals surface area (Å²) in [7, 11) is 3.16. The lowest BCUT2D eigenvalue weighted by atomic mass is 10.1. The molecular formula is C21H26N2O4. The highest BCUT2D eigenvalue weighted by Crippen LogP contribution is 2.23. The predicted molar refractivity (Wildman–Crippen MR) is 105 cm³/mol. The van der Waals surface area contributed by atoms with Gasteiger partial charge in [-0.05, 0) is 37.1 Å². The second-order valence-corrected chi connectivity index (χ2v) is 5.97. The maximum absolute atomic E-state index is 12.5. The highest BCUT2D eigenvalue weighted by molar-refractivity contribution is 5.95. The number of carbonyl (C=O) groups is 2. The molecule has 0 heterocycles. The number of para-hydroxylation sites is 3. The minimum atomic E-state index is -0.257. The van der Waals surface area contributed by atoms with Crippen molar-refractivity contribution >= 4 is 17.5 Å². The maximum Gasteiger partial charge on any atom is 0.244 e. The summed E-state index contributed by atoms with van der Waals surface area (Å²) in [6.45, 7) is 2.32. The van der Waals surface area contributed by atoms with E-state index in [1.54, 1.807) is 31.3 Å². The first kappa shape index (κ1) is 20.3. The Bertz CT molecular complexity index is 776. The molecule has 2 amide bonds. The third-order valence-electron chi connectivity index (χ3n) is 4.25. The van der Waals surface area contributed by atoms with Gasteiger partial charge in [-0.15, -0.1) is 0 Å². The van der Waals surface area contributed by atoms with Crippen molar-refractivity contribution < 1.29 is 19.1 Å². The Morgan fingerprint density at radius 1 is 0.963 bits per heavy atom. The second kappa shape index (κ2) is 10.2. The zero-order chi connectivity index (χ0) is 19.6. The molecule has 2 rings (SSSR count). The lowest BCUT2D eigenvalue weighted by molar-refractivity contribution is -0.134. The fourth-order valence-electron chi connectivity index (χ4n) is 2.80. The molecule has 0 aliphatic carbocycles. The van der Waals surface area contributed by atoms with E-state index in [9.17, 15) is 9.59 Å². The normalized spacial score (nSPS) is 10.2. The van der Waals surface area contributed by atoms with E-state index in [1.165, 1.54) is 0 Å². The quantitative estimate of drug-likeness (QED) is 0.736. The number of likely N-dealkylation sites (N-methyl/N-ethyl adjacent to an activating group) is 1. The first-order chi connectivity index (χ1) is 13.1. The van der Waals surface area contributed by atoms with Gasteiger partial charge in [-0.2, -0.15) is 0 Å². The smallest absolute Gasteiger partial charge is 0.244 e. The van der Waals surface area contributed by atoms with E-state index in [2.05, 4.69) is 5.32 Å². The topological polar surface area (TPSA) is 67.9 Å². The molecule has 0 atom stereocenters. The van der Waals surface area contributed by atoms with E-state index in [0.717, 1.165) is 11.3 Å². The number of nitrogens with one attached hydrogen (secondary N) is 1. The van der Waals surface area contributed by atoms with Crippen molar-refractivity contribution in [1.29, 1.82) is 0 Å². The van der Waals surface area contributed by atoms with Crippen LogP contribution in [0.1, 0.15) is 18.9 Å². The Labute approximate surface area is 160 Å². The minimum Gasteiger partial charge on any atom is -0.496 e. The van der Waals surface area contributed by atoms with Crippen molar-refractivity contribution in [2.24, 2.45) is 0 Å². The van der Waals surface area contributed by atoms with Gasteiger partial charge >= 0.3 is 0 Å². The fourth-order valence-corrected chi connectivity index (χ4v) is 2.80. The molecule has 0 saturated carbocycles. The largest absolute Gasteiger partial charge is 0.496 e. The molecule has 1 N–H and O–H groups in total. The summed E-state index contributed by atoms with van der Waals surface area (Å²) in [6.07, 6.45) is 0.879. The van der Waals surface area contributed by atoms with Crippen molar-refractivity contribution in [3.63, 3.8) is 0 Å². The molecule has 6 heteroatoms. The Hall–Kier alpha value is -3.02. The van der Waals surface area contributed by atoms with Gasteiger partial charge in [-0.1, -0.05) is 30.3 Å². The molecule has 0 bridgehead atoms. The van der Waals surface area contributed by atoms with Crippen LogP contribution in [0.5, 0.6) is 11.5 Å². The Morgan fingerprint density at radius 3 is 2.26 bits per heavy atom. The summed E-state index contributed by atoms with van der Waals surface area (Å²) in [6, 6.07) is 14.8. The molecule has 0 fully saturated rings. The number of benzene rings is 2. The van der Waals surface area contributed by atoms with E-state index < -0.39 is 0 Å². The lowest BCUT2D eigenvalue weighted by Gasteiger charge is -2.21. The first-order valence-corrected chi connectivity index (χ1v) is 8.91. The monoisotopic (exact) mass is 370 g/mol. The third kappa shape index (κ3) is 5.74. The molecule has 0 saturated heterocycles. The highest BCUT2D eigenvalue weighted by atomic mass is 16.5. The molecule has 144 valence electrons. The number of methoxy groups -OCH3 is 2. The molecule has 0 aliphatic rings. The van der Waals surface area contributed by atoms with Crippen molar-refractivity contribution in [3.05, 3.63) is 54.1 Å². The van der Waals surface area contributed by atoms with E-state index in [1.807, 2.05) is 43.3 Å². The van der Waals surface area contributed by atoms with Crippen LogP contribution in [-0.2, 0) is 16.0 Å². The predicted octanol–water partition coefficient (Wildman–Crippen LogP) is 3.12. The zero-order valence-electron chi connectivity index (χ0n) is 16.0. The minimum absolute atomic E-state index is 0.000688. The number of hydrogen-bond donors (Lipinski definition) is 1. The molecule has 2 aromatic carbocycles. The number of aryl methyl sites for hydroxylation is 1. The number of carbonyl (C=O) groups excluding carboxylic acids is 2. The van der Waals surface area contributed by atoms with Crippen molar-refractivity contribution in [2.45, 2.75) is 19.8 Å². The first-order valence-electron chi connectivity index (χ1n) is 8.91. The van der Waals surface area contributed by atoms with Gasteiger partial charge in [0.1, 0.15) is 11.5 Å². The number of nitrogens with zero attached hydrogens (tertiary/aromatic N) is 1. The van der Waals surface area contributed by atoms with E-state index in [4.69, 9.17) is 9.47 Å². The zero-order valence-corrected chi connectivity index (χ0v) is 16.0. The van der Waals surface area contributed by atoms with Crippen LogP contribution in [0, 0.1) is 0 Å². The van der Waals surface area contributed by atoms with Gasteiger partial charge in [0.15, 0.2) is 0 Å². The maximum atomic E-state index is 12.5. The van der Waals surface area contributed by atoms with Gasteiger partial charge < -0.3 is 19.7 Å². The van der Waals surface area contributed by atoms with Gasteiger partial charge in [0.25, 0.3) is 0 Å². The van der Waals surface area contributed by atoms with Crippen molar-refractivity contribution in [1.82, 2.24) is 4.90 Å². The Morgan fingerprint density at radius 2 is 1.59 bits per heavy atom. The summed E-state index contributed by atoms with van der Waals surface area (Å²) in [4.78, 5) is 26.4. The van der Waals surface area contributed by atoms with Crippen molar-refractivity contribution in [2.75, 3.05) is 32.6 Å². The molecule has 6 nitrogen and oxygen atoms in total. The second-order valence-electron chi connectivity index (χ2n) is 5.97. The number of anilines is 1. The van der Waals surface area contributed by atoms with Crippen LogP contribution in [-0.4, -0.2) is 44.0 Å².